The van der Waals surface area contributed by atoms with Gasteiger partial charge in [0, 0.05) is 13.0 Å². The predicted molar refractivity (Wildman–Crippen MR) is 78.5 cm³/mol. The number of carboxylic acids is 1. The summed E-state index contributed by atoms with van der Waals surface area (Å²) in [4.78, 5) is 22.7. The third kappa shape index (κ3) is 5.03. The highest BCUT2D eigenvalue weighted by Crippen LogP contribution is 2.27. The van der Waals surface area contributed by atoms with Crippen molar-refractivity contribution in [1.29, 1.82) is 0 Å². The number of carbonyl (C=O) groups excluding carboxylic acids is 1. The average molecular weight is 277 g/mol. The molecule has 0 aromatic heterocycles. The van der Waals surface area contributed by atoms with Gasteiger partial charge < -0.3 is 10.4 Å². The first-order valence-corrected chi connectivity index (χ1v) is 6.79. The third-order valence-corrected chi connectivity index (χ3v) is 3.63. The Morgan fingerprint density at radius 3 is 2.50 bits per heavy atom. The first-order valence-electron chi connectivity index (χ1n) is 6.79. The van der Waals surface area contributed by atoms with Gasteiger partial charge in [0.15, 0.2) is 0 Å². The van der Waals surface area contributed by atoms with Crippen molar-refractivity contribution in [3.05, 3.63) is 35.4 Å². The molecule has 0 spiro atoms. The monoisotopic (exact) mass is 277 g/mol. The number of carboxylic acid groups (broad SMARTS) is 1. The van der Waals surface area contributed by atoms with Gasteiger partial charge in [-0.1, -0.05) is 39.8 Å². The molecule has 1 rings (SSSR count). The minimum absolute atomic E-state index is 0.00634. The van der Waals surface area contributed by atoms with E-state index < -0.39 is 5.97 Å². The molecule has 2 N–H and O–H groups in total. The molecule has 0 fully saturated rings. The lowest BCUT2D eigenvalue weighted by Crippen LogP contribution is -2.28. The van der Waals surface area contributed by atoms with Gasteiger partial charge in [0.1, 0.15) is 0 Å². The third-order valence-electron chi connectivity index (χ3n) is 3.63. The van der Waals surface area contributed by atoms with Crippen molar-refractivity contribution in [3.63, 3.8) is 0 Å². The van der Waals surface area contributed by atoms with Crippen LogP contribution in [0.15, 0.2) is 24.3 Å². The maximum absolute atomic E-state index is 11.9. The first-order chi connectivity index (χ1) is 9.20. The number of rotatable bonds is 5. The Morgan fingerprint density at radius 1 is 1.30 bits per heavy atom. The Labute approximate surface area is 120 Å². The molecule has 0 aliphatic carbocycles. The molecule has 4 heteroatoms. The van der Waals surface area contributed by atoms with E-state index in [0.29, 0.717) is 13.0 Å². The number of benzene rings is 1. The van der Waals surface area contributed by atoms with E-state index in [-0.39, 0.29) is 22.8 Å². The van der Waals surface area contributed by atoms with E-state index in [0.717, 1.165) is 5.56 Å². The molecule has 0 saturated heterocycles. The summed E-state index contributed by atoms with van der Waals surface area (Å²) in [5, 5.41) is 11.7. The van der Waals surface area contributed by atoms with Crippen molar-refractivity contribution in [3.8, 4) is 0 Å². The van der Waals surface area contributed by atoms with Gasteiger partial charge in [0.2, 0.25) is 5.91 Å². The smallest absolute Gasteiger partial charge is 0.335 e. The number of hydrogen-bond donors (Lipinski definition) is 2. The van der Waals surface area contributed by atoms with Crippen molar-refractivity contribution in [1.82, 2.24) is 5.32 Å². The van der Waals surface area contributed by atoms with Crippen LogP contribution >= 0.6 is 0 Å². The summed E-state index contributed by atoms with van der Waals surface area (Å²) in [6.45, 7) is 8.76. The van der Waals surface area contributed by atoms with Crippen LogP contribution < -0.4 is 5.32 Å². The lowest BCUT2D eigenvalue weighted by Gasteiger charge is -2.26. The van der Waals surface area contributed by atoms with E-state index in [2.05, 4.69) is 33.0 Å². The largest absolute Gasteiger partial charge is 0.478 e. The van der Waals surface area contributed by atoms with Gasteiger partial charge in [-0.25, -0.2) is 4.79 Å². The summed E-state index contributed by atoms with van der Waals surface area (Å²) in [7, 11) is 0. The Morgan fingerprint density at radius 2 is 1.95 bits per heavy atom. The Bertz CT molecular complexity index is 489. The summed E-state index contributed by atoms with van der Waals surface area (Å²) in [6, 6.07) is 6.60. The predicted octanol–water partition coefficient (Wildman–Crippen LogP) is 3.07. The number of amides is 1. The lowest BCUT2D eigenvalue weighted by atomic mass is 9.80. The molecule has 0 saturated carbocycles. The SMILES string of the molecule is CC(CC(=O)NCc1cccc(C(=O)O)c1)C(C)(C)C. The Kier molecular flexibility index (Phi) is 5.31. The van der Waals surface area contributed by atoms with Gasteiger partial charge in [-0.3, -0.25) is 4.79 Å². The minimum atomic E-state index is -0.959. The fourth-order valence-corrected chi connectivity index (χ4v) is 1.67. The second-order valence-electron chi connectivity index (χ2n) is 6.25. The topological polar surface area (TPSA) is 66.4 Å². The van der Waals surface area contributed by atoms with Crippen LogP contribution in [0.1, 0.15) is 50.0 Å². The van der Waals surface area contributed by atoms with Crippen LogP contribution in [0.3, 0.4) is 0 Å². The van der Waals surface area contributed by atoms with Crippen molar-refractivity contribution < 1.29 is 14.7 Å². The second kappa shape index (κ2) is 6.55. The maximum atomic E-state index is 11.9. The zero-order valence-electron chi connectivity index (χ0n) is 12.6. The molecule has 1 aromatic rings. The molecule has 0 heterocycles. The molecule has 20 heavy (non-hydrogen) atoms. The summed E-state index contributed by atoms with van der Waals surface area (Å²) >= 11 is 0. The highest BCUT2D eigenvalue weighted by atomic mass is 16.4. The normalized spacial score (nSPS) is 12.8. The first kappa shape index (κ1) is 16.2. The van der Waals surface area contributed by atoms with Crippen LogP contribution in [0.2, 0.25) is 0 Å². The summed E-state index contributed by atoms with van der Waals surface area (Å²) in [5.74, 6) is -0.680. The second-order valence-corrected chi connectivity index (χ2v) is 6.25. The van der Waals surface area contributed by atoms with Gasteiger partial charge in [0.25, 0.3) is 0 Å². The molecule has 1 aromatic carbocycles. The van der Waals surface area contributed by atoms with Crippen LogP contribution in [0, 0.1) is 11.3 Å². The van der Waals surface area contributed by atoms with Gasteiger partial charge in [-0.05, 0) is 29.0 Å². The maximum Gasteiger partial charge on any atom is 0.335 e. The van der Waals surface area contributed by atoms with Crippen molar-refractivity contribution in [2.45, 2.75) is 40.7 Å². The molecule has 1 amide bonds. The average Bonchev–Trinajstić information content (AvgIpc) is 2.35. The minimum Gasteiger partial charge on any atom is -0.478 e. The fraction of sp³-hybridized carbons (Fsp3) is 0.500. The quantitative estimate of drug-likeness (QED) is 0.869. The van der Waals surface area contributed by atoms with E-state index in [1.165, 1.54) is 6.07 Å². The van der Waals surface area contributed by atoms with Gasteiger partial charge >= 0.3 is 5.97 Å². The molecule has 0 bridgehead atoms. The summed E-state index contributed by atoms with van der Waals surface area (Å²) < 4.78 is 0. The molecule has 0 radical (unpaired) electrons. The molecule has 0 aliphatic heterocycles. The van der Waals surface area contributed by atoms with Crippen LogP contribution in [-0.2, 0) is 11.3 Å². The number of carbonyl (C=O) groups is 2. The zero-order valence-corrected chi connectivity index (χ0v) is 12.6. The van der Waals surface area contributed by atoms with E-state index >= 15 is 0 Å². The fourth-order valence-electron chi connectivity index (χ4n) is 1.67. The highest BCUT2D eigenvalue weighted by molar-refractivity contribution is 5.87. The zero-order chi connectivity index (χ0) is 15.3. The van der Waals surface area contributed by atoms with Crippen molar-refractivity contribution >= 4 is 11.9 Å². The molecule has 4 nitrogen and oxygen atoms in total. The molecule has 1 unspecified atom stereocenters. The number of nitrogens with one attached hydrogen (secondary N) is 1. The van der Waals surface area contributed by atoms with Gasteiger partial charge in [-0.2, -0.15) is 0 Å². The van der Waals surface area contributed by atoms with E-state index in [1.54, 1.807) is 18.2 Å². The van der Waals surface area contributed by atoms with Crippen molar-refractivity contribution in [2.75, 3.05) is 0 Å². The Balaban J connectivity index is 2.53. The van der Waals surface area contributed by atoms with Crippen LogP contribution in [0.25, 0.3) is 0 Å². The van der Waals surface area contributed by atoms with Crippen LogP contribution in [0.5, 0.6) is 0 Å². The van der Waals surface area contributed by atoms with Crippen LogP contribution in [-0.4, -0.2) is 17.0 Å². The standard InChI is InChI=1S/C16H23NO3/c1-11(16(2,3)4)8-14(18)17-10-12-6-5-7-13(9-12)15(19)20/h5-7,9,11H,8,10H2,1-4H3,(H,17,18)(H,19,20). The van der Waals surface area contributed by atoms with E-state index in [1.807, 2.05) is 0 Å². The Hall–Kier alpha value is -1.84. The molecular weight excluding hydrogens is 254 g/mol. The summed E-state index contributed by atoms with van der Waals surface area (Å²) in [6.07, 6.45) is 0.474. The molecule has 0 aliphatic rings. The molecule has 110 valence electrons. The number of aromatic carboxylic acids is 1. The van der Waals surface area contributed by atoms with E-state index in [9.17, 15) is 9.59 Å². The number of hydrogen-bond acceptors (Lipinski definition) is 2. The molecular formula is C16H23NO3. The lowest BCUT2D eigenvalue weighted by molar-refractivity contribution is -0.122. The van der Waals surface area contributed by atoms with Crippen molar-refractivity contribution in [2.24, 2.45) is 11.3 Å². The molecule has 1 atom stereocenters. The van der Waals surface area contributed by atoms with Gasteiger partial charge in [-0.15, -0.1) is 0 Å². The van der Waals surface area contributed by atoms with E-state index in [4.69, 9.17) is 5.11 Å². The highest BCUT2D eigenvalue weighted by Gasteiger charge is 2.22. The van der Waals surface area contributed by atoms with Gasteiger partial charge in [0.05, 0.1) is 5.56 Å². The summed E-state index contributed by atoms with van der Waals surface area (Å²) in [5.41, 5.74) is 1.13. The van der Waals surface area contributed by atoms with Crippen LogP contribution in [0.4, 0.5) is 0 Å².